The van der Waals surface area contributed by atoms with Crippen molar-refractivity contribution in [1.29, 1.82) is 5.26 Å². The maximum Gasteiger partial charge on any atom is 0.172 e. The molecule has 1 rings (SSSR count). The second-order valence-electron chi connectivity index (χ2n) is 2.86. The van der Waals surface area contributed by atoms with Crippen LogP contribution in [0, 0.1) is 11.3 Å². The highest BCUT2D eigenvalue weighted by Gasteiger charge is 2.41. The van der Waals surface area contributed by atoms with E-state index in [-0.39, 0.29) is 0 Å². The Balaban J connectivity index is 2.72. The van der Waals surface area contributed by atoms with E-state index in [0.29, 0.717) is 0 Å². The Morgan fingerprint density at radius 3 is 2.25 bits per heavy atom. The predicted molar refractivity (Wildman–Crippen MR) is 38.0 cm³/mol. The van der Waals surface area contributed by atoms with E-state index in [1.54, 1.807) is 6.07 Å². The van der Waals surface area contributed by atoms with Gasteiger partial charge in [0.15, 0.2) is 6.10 Å². The van der Waals surface area contributed by atoms with Crippen LogP contribution in [-0.2, 0) is 4.74 Å². The first-order valence-corrected chi connectivity index (χ1v) is 3.67. The second-order valence-corrected chi connectivity index (χ2v) is 2.86. The first kappa shape index (κ1) is 9.42. The molecule has 1 aliphatic rings. The van der Waals surface area contributed by atoms with E-state index in [9.17, 15) is 10.2 Å². The molecule has 1 fully saturated rings. The maximum absolute atomic E-state index is 9.19. The van der Waals surface area contributed by atoms with Crippen LogP contribution >= 0.6 is 0 Å². The van der Waals surface area contributed by atoms with E-state index in [1.807, 2.05) is 0 Å². The molecular weight excluding hydrogens is 162 g/mol. The summed E-state index contributed by atoms with van der Waals surface area (Å²) in [5.74, 6) is 0. The number of rotatable bonds is 0. The molecule has 3 N–H and O–H groups in total. The maximum atomic E-state index is 9.19. The molecule has 0 saturated carbocycles. The Morgan fingerprint density at radius 2 is 1.75 bits per heavy atom. The van der Waals surface area contributed by atoms with Crippen molar-refractivity contribution >= 4 is 0 Å². The minimum absolute atomic E-state index is 0.631. The van der Waals surface area contributed by atoms with Gasteiger partial charge in [0.2, 0.25) is 0 Å². The Morgan fingerprint density at radius 1 is 1.17 bits per heavy atom. The van der Waals surface area contributed by atoms with Crippen LogP contribution < -0.4 is 0 Å². The van der Waals surface area contributed by atoms with Crippen LogP contribution in [-0.4, -0.2) is 45.8 Å². The number of nitriles is 1. The van der Waals surface area contributed by atoms with Gasteiger partial charge in [0, 0.05) is 0 Å². The minimum atomic E-state index is -1.33. The number of ether oxygens (including phenoxy) is 1. The standard InChI is InChI=1S/C7H11NO4/c1-3-5(9)7(11)6(10)4(2-8)12-3/h3-7,9-11H,1H3/t3-,4+,5+,6+,7+/m0/s1. The number of nitrogens with zero attached hydrogens (tertiary/aromatic N) is 1. The SMILES string of the molecule is C[C@@H]1O[C@H](C#N)[C@@H](O)[C@H](O)[C@@H]1O. The van der Waals surface area contributed by atoms with Crippen molar-refractivity contribution in [3.8, 4) is 6.07 Å². The van der Waals surface area contributed by atoms with Gasteiger partial charge in [0.25, 0.3) is 0 Å². The van der Waals surface area contributed by atoms with Crippen molar-refractivity contribution in [2.45, 2.75) is 37.4 Å². The fourth-order valence-electron chi connectivity index (χ4n) is 1.16. The highest BCUT2D eigenvalue weighted by atomic mass is 16.5. The van der Waals surface area contributed by atoms with Gasteiger partial charge in [-0.25, -0.2) is 0 Å². The summed E-state index contributed by atoms with van der Waals surface area (Å²) in [4.78, 5) is 0. The fraction of sp³-hybridized carbons (Fsp3) is 0.857. The molecule has 12 heavy (non-hydrogen) atoms. The summed E-state index contributed by atoms with van der Waals surface area (Å²) >= 11 is 0. The number of aliphatic hydroxyl groups excluding tert-OH is 3. The third-order valence-corrected chi connectivity index (χ3v) is 1.98. The monoisotopic (exact) mass is 173 g/mol. The second kappa shape index (κ2) is 3.37. The molecule has 0 amide bonds. The average Bonchev–Trinajstić information content (AvgIpc) is 2.08. The number of hydrogen-bond acceptors (Lipinski definition) is 5. The molecule has 0 aromatic rings. The first-order valence-electron chi connectivity index (χ1n) is 3.67. The molecule has 5 atom stereocenters. The highest BCUT2D eigenvalue weighted by molar-refractivity contribution is 5.00. The number of hydrogen-bond donors (Lipinski definition) is 3. The van der Waals surface area contributed by atoms with E-state index in [4.69, 9.17) is 15.1 Å². The zero-order chi connectivity index (χ0) is 9.30. The Bertz CT molecular complexity index is 202. The first-order chi connectivity index (χ1) is 5.57. The van der Waals surface area contributed by atoms with Crippen LogP contribution in [0.1, 0.15) is 6.92 Å². The van der Waals surface area contributed by atoms with Gasteiger partial charge in [-0.05, 0) is 6.92 Å². The third-order valence-electron chi connectivity index (χ3n) is 1.98. The Kier molecular flexibility index (Phi) is 2.65. The normalized spacial score (nSPS) is 48.4. The number of aliphatic hydroxyl groups is 3. The van der Waals surface area contributed by atoms with Crippen molar-refractivity contribution in [3.05, 3.63) is 0 Å². The van der Waals surface area contributed by atoms with E-state index in [2.05, 4.69) is 0 Å². The van der Waals surface area contributed by atoms with E-state index >= 15 is 0 Å². The van der Waals surface area contributed by atoms with Gasteiger partial charge in [-0.15, -0.1) is 0 Å². The molecule has 1 heterocycles. The molecule has 5 heteroatoms. The van der Waals surface area contributed by atoms with Gasteiger partial charge in [-0.3, -0.25) is 0 Å². The molecule has 0 spiro atoms. The van der Waals surface area contributed by atoms with Crippen molar-refractivity contribution in [2.24, 2.45) is 0 Å². The molecule has 0 unspecified atom stereocenters. The fourth-order valence-corrected chi connectivity index (χ4v) is 1.16. The van der Waals surface area contributed by atoms with Gasteiger partial charge in [-0.2, -0.15) is 5.26 Å². The molecule has 0 aliphatic carbocycles. The molecule has 0 bridgehead atoms. The molecule has 0 aromatic carbocycles. The van der Waals surface area contributed by atoms with Crippen molar-refractivity contribution < 1.29 is 20.1 Å². The van der Waals surface area contributed by atoms with Gasteiger partial charge < -0.3 is 20.1 Å². The van der Waals surface area contributed by atoms with Crippen LogP contribution in [0.2, 0.25) is 0 Å². The van der Waals surface area contributed by atoms with Crippen molar-refractivity contribution in [1.82, 2.24) is 0 Å². The largest absolute Gasteiger partial charge is 0.388 e. The molecule has 0 radical (unpaired) electrons. The van der Waals surface area contributed by atoms with Crippen LogP contribution in [0.4, 0.5) is 0 Å². The van der Waals surface area contributed by atoms with Crippen LogP contribution in [0.25, 0.3) is 0 Å². The molecule has 5 nitrogen and oxygen atoms in total. The Hall–Kier alpha value is -0.670. The topological polar surface area (TPSA) is 93.7 Å². The summed E-state index contributed by atoms with van der Waals surface area (Å²) in [5.41, 5.74) is 0. The van der Waals surface area contributed by atoms with E-state index in [1.165, 1.54) is 6.92 Å². The molecular formula is C7H11NO4. The zero-order valence-electron chi connectivity index (χ0n) is 6.58. The predicted octanol–water partition coefficient (Wildman–Crippen LogP) is -1.62. The average molecular weight is 173 g/mol. The van der Waals surface area contributed by atoms with Gasteiger partial charge in [0.1, 0.15) is 18.3 Å². The van der Waals surface area contributed by atoms with Crippen LogP contribution in [0.15, 0.2) is 0 Å². The van der Waals surface area contributed by atoms with Crippen molar-refractivity contribution in [3.63, 3.8) is 0 Å². The zero-order valence-corrected chi connectivity index (χ0v) is 6.58. The van der Waals surface area contributed by atoms with Gasteiger partial charge in [-0.1, -0.05) is 0 Å². The summed E-state index contributed by atoms with van der Waals surface area (Å²) in [6.07, 6.45) is -5.46. The summed E-state index contributed by atoms with van der Waals surface area (Å²) in [6, 6.07) is 1.69. The van der Waals surface area contributed by atoms with Crippen molar-refractivity contribution in [2.75, 3.05) is 0 Å². The summed E-state index contributed by atoms with van der Waals surface area (Å²) < 4.78 is 4.91. The molecule has 1 saturated heterocycles. The van der Waals surface area contributed by atoms with E-state index < -0.39 is 30.5 Å². The van der Waals surface area contributed by atoms with Gasteiger partial charge in [0.05, 0.1) is 12.2 Å². The smallest absolute Gasteiger partial charge is 0.172 e. The third kappa shape index (κ3) is 1.42. The summed E-state index contributed by atoms with van der Waals surface area (Å²) in [6.45, 7) is 1.53. The summed E-state index contributed by atoms with van der Waals surface area (Å²) in [5, 5.41) is 36.0. The molecule has 1 aliphatic heterocycles. The molecule has 0 aromatic heterocycles. The lowest BCUT2D eigenvalue weighted by molar-refractivity contribution is -0.201. The lowest BCUT2D eigenvalue weighted by Gasteiger charge is -2.36. The lowest BCUT2D eigenvalue weighted by atomic mass is 9.96. The summed E-state index contributed by atoms with van der Waals surface area (Å²) in [7, 11) is 0. The van der Waals surface area contributed by atoms with Gasteiger partial charge >= 0.3 is 0 Å². The lowest BCUT2D eigenvalue weighted by Crippen LogP contribution is -2.56. The minimum Gasteiger partial charge on any atom is -0.388 e. The quantitative estimate of drug-likeness (QED) is 0.409. The highest BCUT2D eigenvalue weighted by Crippen LogP contribution is 2.19. The Labute approximate surface area is 69.8 Å². The molecule has 68 valence electrons. The van der Waals surface area contributed by atoms with Crippen LogP contribution in [0.3, 0.4) is 0 Å². The van der Waals surface area contributed by atoms with Crippen LogP contribution in [0.5, 0.6) is 0 Å². The van der Waals surface area contributed by atoms with E-state index in [0.717, 1.165) is 0 Å².